The van der Waals surface area contributed by atoms with Crippen molar-refractivity contribution < 1.29 is 27.9 Å². The van der Waals surface area contributed by atoms with Gasteiger partial charge >= 0.3 is 5.97 Å². The molecule has 7 nitrogen and oxygen atoms in total. The Kier molecular flexibility index (Phi) is 5.66. The lowest BCUT2D eigenvalue weighted by atomic mass is 10.1. The van der Waals surface area contributed by atoms with Crippen LogP contribution in [-0.2, 0) is 14.8 Å². The van der Waals surface area contributed by atoms with Crippen LogP contribution in [0.15, 0.2) is 42.5 Å². The van der Waals surface area contributed by atoms with Crippen LogP contribution < -0.4 is 4.72 Å². The highest BCUT2D eigenvalue weighted by molar-refractivity contribution is 7.92. The summed E-state index contributed by atoms with van der Waals surface area (Å²) in [5, 5.41) is 9.65. The number of ketones is 1. The molecule has 26 heavy (non-hydrogen) atoms. The molecular formula is C18H19NO6S. The van der Waals surface area contributed by atoms with Crippen LogP contribution in [-0.4, -0.2) is 37.6 Å². The number of carbonyl (C=O) groups is 2. The minimum absolute atomic E-state index is 0.0348. The second-order valence-electron chi connectivity index (χ2n) is 5.86. The zero-order valence-electron chi connectivity index (χ0n) is 14.5. The quantitative estimate of drug-likeness (QED) is 0.591. The number of rotatable bonds is 6. The highest BCUT2D eigenvalue weighted by atomic mass is 32.2. The molecule has 0 saturated carbocycles. The van der Waals surface area contributed by atoms with E-state index < -0.39 is 27.9 Å². The lowest BCUT2D eigenvalue weighted by Crippen LogP contribution is -2.24. The number of ether oxygens (including phenoxy) is 1. The molecular weight excluding hydrogens is 358 g/mol. The van der Waals surface area contributed by atoms with Crippen LogP contribution in [0.4, 0.5) is 5.69 Å². The van der Waals surface area contributed by atoms with Crippen molar-refractivity contribution in [2.45, 2.75) is 20.0 Å². The molecule has 0 spiro atoms. The van der Waals surface area contributed by atoms with Crippen LogP contribution in [0.2, 0.25) is 0 Å². The summed E-state index contributed by atoms with van der Waals surface area (Å²) >= 11 is 0. The number of nitrogens with one attached hydrogen (secondary N) is 1. The number of esters is 1. The van der Waals surface area contributed by atoms with Gasteiger partial charge in [-0.3, -0.25) is 9.52 Å². The van der Waals surface area contributed by atoms with Gasteiger partial charge in [0.25, 0.3) is 0 Å². The topological polar surface area (TPSA) is 110 Å². The SMILES string of the molecule is Cc1ccc(C(=O)OC(C)C(=O)c2ccc(NS(C)(=O)=O)cc2)cc1O. The van der Waals surface area contributed by atoms with Gasteiger partial charge in [-0.25, -0.2) is 13.2 Å². The van der Waals surface area contributed by atoms with Crippen molar-refractivity contribution in [2.75, 3.05) is 11.0 Å². The van der Waals surface area contributed by atoms with Gasteiger partial charge in [-0.05, 0) is 55.8 Å². The normalized spacial score (nSPS) is 12.3. The van der Waals surface area contributed by atoms with Gasteiger partial charge in [-0.15, -0.1) is 0 Å². The molecule has 0 saturated heterocycles. The molecule has 0 aliphatic carbocycles. The molecule has 2 aromatic carbocycles. The number of benzene rings is 2. The molecule has 0 heterocycles. The summed E-state index contributed by atoms with van der Waals surface area (Å²) in [6.07, 6.45) is -0.0177. The molecule has 1 unspecified atom stereocenters. The Labute approximate surface area is 151 Å². The molecule has 2 aromatic rings. The van der Waals surface area contributed by atoms with Crippen LogP contribution >= 0.6 is 0 Å². The van der Waals surface area contributed by atoms with Crippen LogP contribution in [0.3, 0.4) is 0 Å². The molecule has 0 radical (unpaired) electrons. The van der Waals surface area contributed by atoms with E-state index in [1.165, 1.54) is 43.3 Å². The minimum Gasteiger partial charge on any atom is -0.508 e. The second kappa shape index (κ2) is 7.57. The first-order valence-corrected chi connectivity index (χ1v) is 9.58. The lowest BCUT2D eigenvalue weighted by molar-refractivity contribution is 0.0318. The van der Waals surface area contributed by atoms with Crippen molar-refractivity contribution in [1.82, 2.24) is 0 Å². The summed E-state index contributed by atoms with van der Waals surface area (Å²) in [6.45, 7) is 3.13. The molecule has 0 fully saturated rings. The van der Waals surface area contributed by atoms with Gasteiger partial charge in [-0.2, -0.15) is 0 Å². The van der Waals surface area contributed by atoms with E-state index in [0.717, 1.165) is 6.26 Å². The summed E-state index contributed by atoms with van der Waals surface area (Å²) in [5.41, 5.74) is 1.36. The molecule has 2 N–H and O–H groups in total. The predicted molar refractivity (Wildman–Crippen MR) is 97.0 cm³/mol. The summed E-state index contributed by atoms with van der Waals surface area (Å²) < 4.78 is 29.8. The molecule has 138 valence electrons. The Morgan fingerprint density at radius 2 is 1.65 bits per heavy atom. The lowest BCUT2D eigenvalue weighted by Gasteiger charge is -2.13. The monoisotopic (exact) mass is 377 g/mol. The zero-order valence-corrected chi connectivity index (χ0v) is 15.3. The van der Waals surface area contributed by atoms with Gasteiger partial charge in [-0.1, -0.05) is 6.07 Å². The second-order valence-corrected chi connectivity index (χ2v) is 7.61. The highest BCUT2D eigenvalue weighted by Crippen LogP contribution is 2.19. The number of aromatic hydroxyl groups is 1. The Morgan fingerprint density at radius 1 is 1.08 bits per heavy atom. The van der Waals surface area contributed by atoms with Gasteiger partial charge in [0.05, 0.1) is 11.8 Å². The molecule has 0 amide bonds. The third-order valence-corrected chi connectivity index (χ3v) is 4.18. The number of phenolic OH excluding ortho intramolecular Hbond substituents is 1. The summed E-state index contributed by atoms with van der Waals surface area (Å²) in [5.74, 6) is -1.19. The van der Waals surface area contributed by atoms with Crippen LogP contribution in [0, 0.1) is 6.92 Å². The predicted octanol–water partition coefficient (Wildman–Crippen LogP) is 2.50. The number of hydrogen-bond acceptors (Lipinski definition) is 6. The van der Waals surface area contributed by atoms with E-state index in [4.69, 9.17) is 4.74 Å². The first kappa shape index (κ1) is 19.5. The number of anilines is 1. The standard InChI is InChI=1S/C18H19NO6S/c1-11-4-5-14(10-16(11)20)18(22)25-12(2)17(21)13-6-8-15(9-7-13)19-26(3,23)24/h4-10,12,19-20H,1-3H3. The number of carbonyl (C=O) groups excluding carboxylic acids is 2. The number of aryl methyl sites for hydroxylation is 1. The van der Waals surface area contributed by atoms with Crippen molar-refractivity contribution in [2.24, 2.45) is 0 Å². The van der Waals surface area contributed by atoms with Crippen LogP contribution in [0.1, 0.15) is 33.2 Å². The van der Waals surface area contributed by atoms with Crippen molar-refractivity contribution in [1.29, 1.82) is 0 Å². The zero-order chi connectivity index (χ0) is 19.5. The maximum absolute atomic E-state index is 12.4. The summed E-state index contributed by atoms with van der Waals surface area (Å²) in [7, 11) is -3.40. The fourth-order valence-electron chi connectivity index (χ4n) is 2.17. The average Bonchev–Trinajstić information content (AvgIpc) is 2.55. The number of Topliss-reactive ketones (excluding diaryl/α,β-unsaturated/α-hetero) is 1. The van der Waals surface area contributed by atoms with Gasteiger partial charge in [0.1, 0.15) is 5.75 Å². The molecule has 0 bridgehead atoms. The van der Waals surface area contributed by atoms with E-state index in [1.807, 2.05) is 0 Å². The smallest absolute Gasteiger partial charge is 0.338 e. The third-order valence-electron chi connectivity index (χ3n) is 3.57. The third kappa shape index (κ3) is 5.06. The highest BCUT2D eigenvalue weighted by Gasteiger charge is 2.21. The first-order valence-electron chi connectivity index (χ1n) is 7.69. The van der Waals surface area contributed by atoms with Gasteiger partial charge in [0.15, 0.2) is 6.10 Å². The number of phenols is 1. The van der Waals surface area contributed by atoms with E-state index in [2.05, 4.69) is 4.72 Å². The van der Waals surface area contributed by atoms with E-state index in [-0.39, 0.29) is 16.9 Å². The summed E-state index contributed by atoms with van der Waals surface area (Å²) in [6, 6.07) is 10.1. The first-order chi connectivity index (χ1) is 12.1. The van der Waals surface area contributed by atoms with E-state index >= 15 is 0 Å². The maximum atomic E-state index is 12.4. The Morgan fingerprint density at radius 3 is 2.19 bits per heavy atom. The Bertz CT molecular complexity index is 935. The fourth-order valence-corrected chi connectivity index (χ4v) is 2.73. The molecule has 0 aromatic heterocycles. The van der Waals surface area contributed by atoms with Gasteiger partial charge < -0.3 is 9.84 Å². The molecule has 0 aliphatic rings. The van der Waals surface area contributed by atoms with Gasteiger partial charge in [0.2, 0.25) is 15.8 Å². The van der Waals surface area contributed by atoms with Crippen molar-refractivity contribution in [3.63, 3.8) is 0 Å². The average molecular weight is 377 g/mol. The minimum atomic E-state index is -3.40. The van der Waals surface area contributed by atoms with Crippen molar-refractivity contribution in [3.8, 4) is 5.75 Å². The molecule has 1 atom stereocenters. The molecule has 2 rings (SSSR count). The van der Waals surface area contributed by atoms with E-state index in [1.54, 1.807) is 13.0 Å². The molecule has 0 aliphatic heterocycles. The van der Waals surface area contributed by atoms with Crippen molar-refractivity contribution >= 4 is 27.5 Å². The summed E-state index contributed by atoms with van der Waals surface area (Å²) in [4.78, 5) is 24.5. The van der Waals surface area contributed by atoms with E-state index in [0.29, 0.717) is 11.3 Å². The van der Waals surface area contributed by atoms with Gasteiger partial charge in [0, 0.05) is 11.3 Å². The fraction of sp³-hybridized carbons (Fsp3) is 0.222. The largest absolute Gasteiger partial charge is 0.508 e. The Balaban J connectivity index is 2.06. The van der Waals surface area contributed by atoms with Crippen LogP contribution in [0.5, 0.6) is 5.75 Å². The molecule has 8 heteroatoms. The number of hydrogen-bond donors (Lipinski definition) is 2. The number of sulfonamides is 1. The maximum Gasteiger partial charge on any atom is 0.338 e. The van der Waals surface area contributed by atoms with Crippen molar-refractivity contribution in [3.05, 3.63) is 59.2 Å². The Hall–Kier alpha value is -2.87. The van der Waals surface area contributed by atoms with E-state index in [9.17, 15) is 23.1 Å². The van der Waals surface area contributed by atoms with Crippen LogP contribution in [0.25, 0.3) is 0 Å².